The quantitative estimate of drug-likeness (QED) is 0.684. The minimum Gasteiger partial charge on any atom is -0.497 e. The summed E-state index contributed by atoms with van der Waals surface area (Å²) < 4.78 is 5.22. The number of amides is 1. The lowest BCUT2D eigenvalue weighted by atomic mass is 9.96. The van der Waals surface area contributed by atoms with Gasteiger partial charge in [-0.25, -0.2) is 4.99 Å². The van der Waals surface area contributed by atoms with E-state index in [-0.39, 0.29) is 11.3 Å². The van der Waals surface area contributed by atoms with E-state index < -0.39 is 0 Å². The van der Waals surface area contributed by atoms with E-state index >= 15 is 0 Å². The highest BCUT2D eigenvalue weighted by molar-refractivity contribution is 8.19. The summed E-state index contributed by atoms with van der Waals surface area (Å²) in [5.41, 5.74) is 1.50. The first kappa shape index (κ1) is 18.3. The Hall–Kier alpha value is -2.53. The maximum atomic E-state index is 13.1. The Bertz CT molecular complexity index is 850. The summed E-state index contributed by atoms with van der Waals surface area (Å²) in [4.78, 5) is 20.1. The Balaban J connectivity index is 2.05. The summed E-state index contributed by atoms with van der Waals surface area (Å²) in [6.45, 7) is 6.24. The molecular weight excluding hydrogens is 344 g/mol. The van der Waals surface area contributed by atoms with Crippen LogP contribution in [0.4, 0.5) is 11.4 Å². The van der Waals surface area contributed by atoms with Crippen molar-refractivity contribution in [3.8, 4) is 5.75 Å². The van der Waals surface area contributed by atoms with E-state index in [0.717, 1.165) is 17.1 Å². The number of allylic oxidation sites excluding steroid dienone is 1. The van der Waals surface area contributed by atoms with Crippen molar-refractivity contribution in [2.75, 3.05) is 12.0 Å². The summed E-state index contributed by atoms with van der Waals surface area (Å²) in [6, 6.07) is 17.1. The fourth-order valence-corrected chi connectivity index (χ4v) is 3.73. The van der Waals surface area contributed by atoms with Crippen LogP contribution in [0.3, 0.4) is 0 Å². The number of para-hydroxylation sites is 1. The molecule has 1 saturated heterocycles. The number of anilines is 1. The zero-order valence-corrected chi connectivity index (χ0v) is 16.2. The number of amidine groups is 1. The van der Waals surface area contributed by atoms with Crippen LogP contribution in [-0.2, 0) is 4.79 Å². The monoisotopic (exact) mass is 366 g/mol. The first-order valence-corrected chi connectivity index (χ1v) is 9.22. The zero-order valence-electron chi connectivity index (χ0n) is 15.4. The SMILES string of the molecule is COc1ccc(N2C(=O)C(=CC(C)(C)C)SC2=Nc2ccccc2)cc1. The first-order valence-electron chi connectivity index (χ1n) is 8.40. The van der Waals surface area contributed by atoms with Crippen LogP contribution >= 0.6 is 11.8 Å². The van der Waals surface area contributed by atoms with Crippen LogP contribution in [0, 0.1) is 5.41 Å². The molecule has 0 aromatic heterocycles. The predicted molar refractivity (Wildman–Crippen MR) is 109 cm³/mol. The van der Waals surface area contributed by atoms with Crippen LogP contribution in [0.2, 0.25) is 0 Å². The Morgan fingerprint density at radius 3 is 2.27 bits per heavy atom. The molecule has 2 aromatic carbocycles. The van der Waals surface area contributed by atoms with Gasteiger partial charge in [0.05, 0.1) is 23.4 Å². The maximum absolute atomic E-state index is 13.1. The number of nitrogens with zero attached hydrogens (tertiary/aromatic N) is 2. The molecule has 0 spiro atoms. The average Bonchev–Trinajstić information content (AvgIpc) is 2.89. The highest BCUT2D eigenvalue weighted by Crippen LogP contribution is 2.38. The van der Waals surface area contributed by atoms with Crippen molar-refractivity contribution < 1.29 is 9.53 Å². The number of hydrogen-bond acceptors (Lipinski definition) is 4. The second-order valence-electron chi connectivity index (χ2n) is 7.05. The second-order valence-corrected chi connectivity index (χ2v) is 8.05. The van der Waals surface area contributed by atoms with Crippen LogP contribution in [-0.4, -0.2) is 18.2 Å². The minimum absolute atomic E-state index is 0.0511. The highest BCUT2D eigenvalue weighted by atomic mass is 32.2. The van der Waals surface area contributed by atoms with Gasteiger partial charge in [-0.2, -0.15) is 0 Å². The molecule has 1 fully saturated rings. The molecule has 1 heterocycles. The molecule has 4 nitrogen and oxygen atoms in total. The predicted octanol–water partition coefficient (Wildman–Crippen LogP) is 5.39. The molecule has 1 amide bonds. The van der Waals surface area contributed by atoms with Crippen molar-refractivity contribution in [3.63, 3.8) is 0 Å². The molecule has 134 valence electrons. The average molecular weight is 366 g/mol. The van der Waals surface area contributed by atoms with E-state index in [4.69, 9.17) is 9.73 Å². The van der Waals surface area contributed by atoms with E-state index in [1.807, 2.05) is 60.7 Å². The first-order chi connectivity index (χ1) is 12.4. The molecule has 3 rings (SSSR count). The van der Waals surface area contributed by atoms with E-state index in [9.17, 15) is 4.79 Å². The molecule has 0 N–H and O–H groups in total. The van der Waals surface area contributed by atoms with Crippen LogP contribution in [0.1, 0.15) is 20.8 Å². The van der Waals surface area contributed by atoms with E-state index in [0.29, 0.717) is 10.1 Å². The van der Waals surface area contributed by atoms with Crippen molar-refractivity contribution in [1.29, 1.82) is 0 Å². The highest BCUT2D eigenvalue weighted by Gasteiger charge is 2.35. The number of methoxy groups -OCH3 is 1. The summed E-state index contributed by atoms with van der Waals surface area (Å²) >= 11 is 1.41. The van der Waals surface area contributed by atoms with Gasteiger partial charge in [-0.15, -0.1) is 0 Å². The number of ether oxygens (including phenoxy) is 1. The van der Waals surface area contributed by atoms with Gasteiger partial charge < -0.3 is 4.74 Å². The smallest absolute Gasteiger partial charge is 0.271 e. The van der Waals surface area contributed by atoms with Gasteiger partial charge in [0.2, 0.25) is 0 Å². The van der Waals surface area contributed by atoms with Gasteiger partial charge in [-0.05, 0) is 53.6 Å². The molecule has 26 heavy (non-hydrogen) atoms. The lowest BCUT2D eigenvalue weighted by Gasteiger charge is -2.16. The molecular formula is C21H22N2O2S. The van der Waals surface area contributed by atoms with Crippen molar-refractivity contribution in [2.24, 2.45) is 10.4 Å². The van der Waals surface area contributed by atoms with Crippen molar-refractivity contribution in [2.45, 2.75) is 20.8 Å². The molecule has 2 aromatic rings. The largest absolute Gasteiger partial charge is 0.497 e. The fourth-order valence-electron chi connectivity index (χ4n) is 2.51. The molecule has 0 saturated carbocycles. The topological polar surface area (TPSA) is 41.9 Å². The van der Waals surface area contributed by atoms with Gasteiger partial charge in [0.15, 0.2) is 5.17 Å². The number of carbonyl (C=O) groups is 1. The van der Waals surface area contributed by atoms with Gasteiger partial charge in [0.1, 0.15) is 5.75 Å². The Kier molecular flexibility index (Phi) is 5.18. The maximum Gasteiger partial charge on any atom is 0.271 e. The van der Waals surface area contributed by atoms with Gasteiger partial charge in [-0.3, -0.25) is 9.69 Å². The summed E-state index contributed by atoms with van der Waals surface area (Å²) in [5.74, 6) is 0.699. The Labute approximate surface area is 158 Å². The van der Waals surface area contributed by atoms with E-state index in [1.165, 1.54) is 11.8 Å². The van der Waals surface area contributed by atoms with Crippen LogP contribution < -0.4 is 9.64 Å². The molecule has 1 aliphatic heterocycles. The lowest BCUT2D eigenvalue weighted by molar-refractivity contribution is -0.113. The number of thioether (sulfide) groups is 1. The van der Waals surface area contributed by atoms with Crippen LogP contribution in [0.5, 0.6) is 5.75 Å². The molecule has 0 bridgehead atoms. The van der Waals surface area contributed by atoms with Crippen molar-refractivity contribution in [1.82, 2.24) is 0 Å². The molecule has 5 heteroatoms. The third kappa shape index (κ3) is 4.17. The minimum atomic E-state index is -0.0915. The third-order valence-corrected chi connectivity index (χ3v) is 4.65. The Morgan fingerprint density at radius 1 is 1.04 bits per heavy atom. The van der Waals surface area contributed by atoms with Crippen molar-refractivity contribution >= 4 is 34.2 Å². The molecule has 0 unspecified atom stereocenters. The van der Waals surface area contributed by atoms with Crippen LogP contribution in [0.15, 0.2) is 70.6 Å². The third-order valence-electron chi connectivity index (χ3n) is 3.68. The van der Waals surface area contributed by atoms with E-state index in [2.05, 4.69) is 20.8 Å². The van der Waals surface area contributed by atoms with Gasteiger partial charge in [-0.1, -0.05) is 45.0 Å². The number of carbonyl (C=O) groups excluding carboxylic acids is 1. The Morgan fingerprint density at radius 2 is 1.69 bits per heavy atom. The fraction of sp³-hybridized carbons (Fsp3) is 0.238. The van der Waals surface area contributed by atoms with Gasteiger partial charge >= 0.3 is 0 Å². The molecule has 0 aliphatic carbocycles. The standard InChI is InChI=1S/C21H22N2O2S/c1-21(2,3)14-18-19(24)23(16-10-12-17(25-4)13-11-16)20(26-18)22-15-8-6-5-7-9-15/h5-14H,1-4H3. The number of hydrogen-bond donors (Lipinski definition) is 0. The molecule has 0 radical (unpaired) electrons. The zero-order chi connectivity index (χ0) is 18.7. The summed E-state index contributed by atoms with van der Waals surface area (Å²) in [6.07, 6.45) is 2.00. The van der Waals surface area contributed by atoms with Crippen LogP contribution in [0.25, 0.3) is 0 Å². The second kappa shape index (κ2) is 7.38. The number of aliphatic imine (C=N–C) groups is 1. The lowest BCUT2D eigenvalue weighted by Crippen LogP contribution is -2.28. The van der Waals surface area contributed by atoms with Gasteiger partial charge in [0.25, 0.3) is 5.91 Å². The van der Waals surface area contributed by atoms with Gasteiger partial charge in [0, 0.05) is 0 Å². The number of benzene rings is 2. The number of rotatable bonds is 3. The summed E-state index contributed by atoms with van der Waals surface area (Å²) in [7, 11) is 1.62. The van der Waals surface area contributed by atoms with Crippen molar-refractivity contribution in [3.05, 3.63) is 65.6 Å². The molecule has 0 atom stereocenters. The molecule has 1 aliphatic rings. The normalized spacial score (nSPS) is 18.0. The summed E-state index contributed by atoms with van der Waals surface area (Å²) in [5, 5.41) is 0.655. The van der Waals surface area contributed by atoms with E-state index in [1.54, 1.807) is 12.0 Å².